The third-order valence-electron chi connectivity index (χ3n) is 4.02. The number of nitrogens with zero attached hydrogens (tertiary/aromatic N) is 1. The topological polar surface area (TPSA) is 49.4 Å². The van der Waals surface area contributed by atoms with Crippen molar-refractivity contribution in [2.75, 3.05) is 19.6 Å². The molecule has 1 aliphatic heterocycles. The fourth-order valence-corrected chi connectivity index (χ4v) is 3.06. The van der Waals surface area contributed by atoms with Gasteiger partial charge in [-0.15, -0.1) is 0 Å². The smallest absolute Gasteiger partial charge is 0.239 e. The lowest BCUT2D eigenvalue weighted by atomic mass is 9.82. The van der Waals surface area contributed by atoms with Crippen LogP contribution in [0.2, 0.25) is 0 Å². The Balaban J connectivity index is 1.83. The molecular formula is C15H18N2O2. The molecule has 1 aliphatic carbocycles. The van der Waals surface area contributed by atoms with Crippen LogP contribution in [0, 0.1) is 0 Å². The van der Waals surface area contributed by atoms with E-state index in [0.717, 1.165) is 24.8 Å². The van der Waals surface area contributed by atoms with Crippen LogP contribution in [-0.4, -0.2) is 36.3 Å². The molecule has 0 bridgehead atoms. The Hall–Kier alpha value is -1.84. The molecule has 0 saturated carbocycles. The average molecular weight is 258 g/mol. The third-order valence-corrected chi connectivity index (χ3v) is 4.02. The van der Waals surface area contributed by atoms with E-state index in [0.29, 0.717) is 13.1 Å². The van der Waals surface area contributed by atoms with Gasteiger partial charge in [-0.3, -0.25) is 9.59 Å². The molecule has 1 fully saturated rings. The van der Waals surface area contributed by atoms with Gasteiger partial charge in [0.15, 0.2) is 0 Å². The zero-order valence-corrected chi connectivity index (χ0v) is 10.9. The average Bonchev–Trinajstić information content (AvgIpc) is 2.46. The van der Waals surface area contributed by atoms with Crippen molar-refractivity contribution in [3.8, 4) is 0 Å². The second-order valence-electron chi connectivity index (χ2n) is 5.25. The van der Waals surface area contributed by atoms with Crippen molar-refractivity contribution in [3.63, 3.8) is 0 Å². The molecule has 1 aromatic carbocycles. The van der Waals surface area contributed by atoms with E-state index in [1.54, 1.807) is 4.90 Å². The quantitative estimate of drug-likeness (QED) is 0.819. The molecule has 0 spiro atoms. The van der Waals surface area contributed by atoms with Gasteiger partial charge in [-0.1, -0.05) is 24.3 Å². The van der Waals surface area contributed by atoms with Crippen LogP contribution in [0.25, 0.3) is 0 Å². The van der Waals surface area contributed by atoms with E-state index >= 15 is 0 Å². The molecule has 0 radical (unpaired) electrons. The molecule has 1 heterocycles. The van der Waals surface area contributed by atoms with Crippen LogP contribution >= 0.6 is 0 Å². The first-order valence-electron chi connectivity index (χ1n) is 6.89. The number of fused-ring (bicyclic) bond motifs is 1. The van der Waals surface area contributed by atoms with E-state index in [1.807, 2.05) is 12.1 Å². The summed E-state index contributed by atoms with van der Waals surface area (Å²) >= 11 is 0. The summed E-state index contributed by atoms with van der Waals surface area (Å²) in [4.78, 5) is 25.7. The molecule has 2 aliphatic rings. The van der Waals surface area contributed by atoms with E-state index in [1.165, 1.54) is 5.56 Å². The van der Waals surface area contributed by atoms with Gasteiger partial charge in [0.1, 0.15) is 0 Å². The number of carbonyl (C=O) groups is 2. The minimum absolute atomic E-state index is 0.0521. The zero-order valence-electron chi connectivity index (χ0n) is 10.9. The largest absolute Gasteiger partial charge is 0.353 e. The number of aryl methyl sites for hydroxylation is 1. The monoisotopic (exact) mass is 258 g/mol. The number of carbonyl (C=O) groups excluding carboxylic acids is 2. The van der Waals surface area contributed by atoms with Crippen molar-refractivity contribution in [1.29, 1.82) is 0 Å². The predicted molar refractivity (Wildman–Crippen MR) is 71.7 cm³/mol. The van der Waals surface area contributed by atoms with Crippen LogP contribution in [0.5, 0.6) is 0 Å². The van der Waals surface area contributed by atoms with E-state index in [4.69, 9.17) is 0 Å². The first kappa shape index (κ1) is 12.2. The van der Waals surface area contributed by atoms with Crippen molar-refractivity contribution < 1.29 is 9.59 Å². The summed E-state index contributed by atoms with van der Waals surface area (Å²) in [6.45, 7) is 1.40. The van der Waals surface area contributed by atoms with Crippen LogP contribution in [0.15, 0.2) is 24.3 Å². The summed E-state index contributed by atoms with van der Waals surface area (Å²) in [6, 6.07) is 8.19. The van der Waals surface area contributed by atoms with Crippen molar-refractivity contribution in [2.45, 2.75) is 25.2 Å². The highest BCUT2D eigenvalue weighted by atomic mass is 16.2. The highest BCUT2D eigenvalue weighted by Crippen LogP contribution is 2.32. The van der Waals surface area contributed by atoms with Crippen molar-refractivity contribution >= 4 is 11.8 Å². The zero-order chi connectivity index (χ0) is 13.2. The minimum Gasteiger partial charge on any atom is -0.353 e. The highest BCUT2D eigenvalue weighted by Gasteiger charge is 2.31. The second kappa shape index (κ2) is 5.03. The fourth-order valence-electron chi connectivity index (χ4n) is 3.06. The summed E-state index contributed by atoms with van der Waals surface area (Å²) in [6.07, 6.45) is 3.00. The Kier molecular flexibility index (Phi) is 3.23. The number of piperazine rings is 1. The van der Waals surface area contributed by atoms with Gasteiger partial charge < -0.3 is 10.2 Å². The summed E-state index contributed by atoms with van der Waals surface area (Å²) in [5, 5.41) is 2.76. The molecular weight excluding hydrogens is 240 g/mol. The SMILES string of the molecule is O=C1CN(C(=O)C2CCCc3ccccc32)CCN1. The van der Waals surface area contributed by atoms with Gasteiger partial charge in [0.2, 0.25) is 11.8 Å². The first-order chi connectivity index (χ1) is 9.25. The number of hydrogen-bond donors (Lipinski definition) is 1. The van der Waals surface area contributed by atoms with E-state index in [-0.39, 0.29) is 24.3 Å². The Morgan fingerprint density at radius 2 is 2.16 bits per heavy atom. The Morgan fingerprint density at radius 3 is 3.00 bits per heavy atom. The Morgan fingerprint density at radius 1 is 1.32 bits per heavy atom. The molecule has 4 nitrogen and oxygen atoms in total. The van der Waals surface area contributed by atoms with Gasteiger partial charge in [0.05, 0.1) is 12.5 Å². The Bertz CT molecular complexity index is 513. The summed E-state index contributed by atoms with van der Waals surface area (Å²) in [7, 11) is 0. The minimum atomic E-state index is -0.0594. The lowest BCUT2D eigenvalue weighted by Gasteiger charge is -2.32. The molecule has 1 atom stereocenters. The number of benzene rings is 1. The van der Waals surface area contributed by atoms with Gasteiger partial charge >= 0.3 is 0 Å². The first-order valence-corrected chi connectivity index (χ1v) is 6.89. The lowest BCUT2D eigenvalue weighted by Crippen LogP contribution is -2.51. The van der Waals surface area contributed by atoms with E-state index in [9.17, 15) is 9.59 Å². The van der Waals surface area contributed by atoms with E-state index in [2.05, 4.69) is 17.4 Å². The van der Waals surface area contributed by atoms with Crippen LogP contribution in [0.4, 0.5) is 0 Å². The molecule has 0 aromatic heterocycles. The van der Waals surface area contributed by atoms with Crippen LogP contribution < -0.4 is 5.32 Å². The molecule has 2 amide bonds. The van der Waals surface area contributed by atoms with Crippen molar-refractivity contribution in [2.24, 2.45) is 0 Å². The molecule has 19 heavy (non-hydrogen) atoms. The van der Waals surface area contributed by atoms with Gasteiger partial charge in [0.25, 0.3) is 0 Å². The molecule has 1 N–H and O–H groups in total. The predicted octanol–water partition coefficient (Wildman–Crippen LogP) is 1.06. The molecule has 3 rings (SSSR count). The van der Waals surface area contributed by atoms with Crippen LogP contribution in [-0.2, 0) is 16.0 Å². The lowest BCUT2D eigenvalue weighted by molar-refractivity contribution is -0.139. The van der Waals surface area contributed by atoms with Crippen LogP contribution in [0.3, 0.4) is 0 Å². The van der Waals surface area contributed by atoms with E-state index < -0.39 is 0 Å². The summed E-state index contributed by atoms with van der Waals surface area (Å²) in [5.41, 5.74) is 2.44. The number of rotatable bonds is 1. The summed E-state index contributed by atoms with van der Waals surface area (Å²) < 4.78 is 0. The fraction of sp³-hybridized carbons (Fsp3) is 0.467. The maximum atomic E-state index is 12.6. The second-order valence-corrected chi connectivity index (χ2v) is 5.25. The molecule has 1 unspecified atom stereocenters. The van der Waals surface area contributed by atoms with Gasteiger partial charge in [-0.25, -0.2) is 0 Å². The van der Waals surface area contributed by atoms with Gasteiger partial charge in [0, 0.05) is 13.1 Å². The molecule has 100 valence electrons. The normalized spacial score (nSPS) is 22.6. The Labute approximate surface area is 112 Å². The van der Waals surface area contributed by atoms with Gasteiger partial charge in [-0.2, -0.15) is 0 Å². The standard InChI is InChI=1S/C15H18N2O2/c18-14-10-17(9-8-16-14)15(19)13-7-3-5-11-4-1-2-6-12(11)13/h1-2,4,6,13H,3,5,7-10H2,(H,16,18). The summed E-state index contributed by atoms with van der Waals surface area (Å²) in [5.74, 6) is 0.00143. The highest BCUT2D eigenvalue weighted by molar-refractivity contribution is 5.89. The van der Waals surface area contributed by atoms with Crippen molar-refractivity contribution in [1.82, 2.24) is 10.2 Å². The molecule has 1 saturated heterocycles. The number of nitrogens with one attached hydrogen (secondary N) is 1. The molecule has 1 aromatic rings. The van der Waals surface area contributed by atoms with Crippen molar-refractivity contribution in [3.05, 3.63) is 35.4 Å². The molecule has 4 heteroatoms. The van der Waals surface area contributed by atoms with Crippen LogP contribution in [0.1, 0.15) is 29.9 Å². The maximum absolute atomic E-state index is 12.6. The number of amides is 2. The maximum Gasteiger partial charge on any atom is 0.239 e. The third kappa shape index (κ3) is 2.35. The number of hydrogen-bond acceptors (Lipinski definition) is 2. The van der Waals surface area contributed by atoms with Gasteiger partial charge in [-0.05, 0) is 30.4 Å².